The number of nitro benzene ring substituents is 1. The van der Waals surface area contributed by atoms with Crippen LogP contribution in [0.25, 0.3) is 22.9 Å². The zero-order valence-electron chi connectivity index (χ0n) is 15.0. The molecule has 0 spiro atoms. The molecular weight excluding hydrogens is 358 g/mol. The first-order valence-electron chi connectivity index (χ1n) is 8.45. The minimum Gasteiger partial charge on any atom is -0.258 e. The normalized spacial score (nSPS) is 11.2. The third-order valence-electron chi connectivity index (χ3n) is 4.18. The Hall–Kier alpha value is -3.30. The average Bonchev–Trinajstić information content (AvgIpc) is 3.07. The SMILES string of the molecule is CCc1ccc(-c2nc(/C(C#N)=C/c3cccc([N+](=O)[O-])c3)sc2C)cc1. The Labute approximate surface area is 161 Å². The summed E-state index contributed by atoms with van der Waals surface area (Å²) in [6.07, 6.45) is 2.61. The van der Waals surface area contributed by atoms with Gasteiger partial charge in [0.1, 0.15) is 11.1 Å². The largest absolute Gasteiger partial charge is 0.270 e. The third kappa shape index (κ3) is 4.10. The van der Waals surface area contributed by atoms with E-state index in [4.69, 9.17) is 0 Å². The van der Waals surface area contributed by atoms with Crippen molar-refractivity contribution >= 4 is 28.7 Å². The Morgan fingerprint density at radius 3 is 2.67 bits per heavy atom. The number of aryl methyl sites for hydroxylation is 2. The topological polar surface area (TPSA) is 79.8 Å². The summed E-state index contributed by atoms with van der Waals surface area (Å²) in [5.41, 5.74) is 4.11. The van der Waals surface area contributed by atoms with Crippen molar-refractivity contribution in [1.29, 1.82) is 5.26 Å². The third-order valence-corrected chi connectivity index (χ3v) is 5.18. The lowest BCUT2D eigenvalue weighted by Gasteiger charge is -2.01. The molecule has 1 heterocycles. The maximum absolute atomic E-state index is 10.9. The van der Waals surface area contributed by atoms with E-state index < -0.39 is 4.92 Å². The maximum Gasteiger partial charge on any atom is 0.270 e. The molecule has 0 unspecified atom stereocenters. The number of rotatable bonds is 5. The van der Waals surface area contributed by atoms with E-state index in [0.717, 1.165) is 22.6 Å². The van der Waals surface area contributed by atoms with Crippen molar-refractivity contribution in [3.8, 4) is 17.3 Å². The first-order valence-corrected chi connectivity index (χ1v) is 9.27. The van der Waals surface area contributed by atoms with Crippen LogP contribution in [0, 0.1) is 28.4 Å². The van der Waals surface area contributed by atoms with Gasteiger partial charge in [-0.25, -0.2) is 4.98 Å². The van der Waals surface area contributed by atoms with E-state index in [0.29, 0.717) is 16.1 Å². The molecular formula is C21H17N3O2S. The van der Waals surface area contributed by atoms with Crippen molar-refractivity contribution in [2.24, 2.45) is 0 Å². The molecule has 0 saturated heterocycles. The van der Waals surface area contributed by atoms with Gasteiger partial charge in [0, 0.05) is 22.6 Å². The number of thiazole rings is 1. The second-order valence-electron chi connectivity index (χ2n) is 6.00. The van der Waals surface area contributed by atoms with Crippen molar-refractivity contribution in [2.75, 3.05) is 0 Å². The number of non-ortho nitro benzene ring substituents is 1. The molecule has 1 aromatic heterocycles. The second kappa shape index (κ2) is 7.94. The minimum absolute atomic E-state index is 0.00642. The van der Waals surface area contributed by atoms with Gasteiger partial charge in [-0.3, -0.25) is 10.1 Å². The predicted octanol–water partition coefficient (Wildman–Crippen LogP) is 5.65. The van der Waals surface area contributed by atoms with Gasteiger partial charge in [-0.05, 0) is 30.5 Å². The molecule has 0 amide bonds. The lowest BCUT2D eigenvalue weighted by molar-refractivity contribution is -0.384. The molecule has 0 saturated carbocycles. The Bertz CT molecular complexity index is 1060. The van der Waals surface area contributed by atoms with E-state index in [2.05, 4.69) is 30.1 Å². The summed E-state index contributed by atoms with van der Waals surface area (Å²) in [7, 11) is 0. The summed E-state index contributed by atoms with van der Waals surface area (Å²) in [6, 6.07) is 16.6. The molecule has 27 heavy (non-hydrogen) atoms. The number of nitriles is 1. The van der Waals surface area contributed by atoms with Gasteiger partial charge < -0.3 is 0 Å². The highest BCUT2D eigenvalue weighted by atomic mass is 32.1. The van der Waals surface area contributed by atoms with Gasteiger partial charge in [-0.15, -0.1) is 11.3 Å². The fourth-order valence-electron chi connectivity index (χ4n) is 2.71. The molecule has 0 radical (unpaired) electrons. The van der Waals surface area contributed by atoms with Crippen LogP contribution in [-0.4, -0.2) is 9.91 Å². The zero-order valence-corrected chi connectivity index (χ0v) is 15.8. The zero-order chi connectivity index (χ0) is 19.4. The van der Waals surface area contributed by atoms with E-state index in [1.807, 2.05) is 19.1 Å². The molecule has 0 atom stereocenters. The van der Waals surface area contributed by atoms with Gasteiger partial charge in [0.2, 0.25) is 0 Å². The molecule has 3 aromatic rings. The van der Waals surface area contributed by atoms with Crippen molar-refractivity contribution < 1.29 is 4.92 Å². The summed E-state index contributed by atoms with van der Waals surface area (Å²) < 4.78 is 0. The number of benzene rings is 2. The Morgan fingerprint density at radius 1 is 1.30 bits per heavy atom. The minimum atomic E-state index is -0.449. The smallest absolute Gasteiger partial charge is 0.258 e. The molecule has 0 fully saturated rings. The van der Waals surface area contributed by atoms with Gasteiger partial charge in [0.25, 0.3) is 5.69 Å². The summed E-state index contributed by atoms with van der Waals surface area (Å²) >= 11 is 1.45. The number of nitrogens with zero attached hydrogens (tertiary/aromatic N) is 3. The standard InChI is InChI=1S/C21H17N3O2S/c1-3-15-7-9-17(10-8-15)20-14(2)27-21(23-20)18(13-22)11-16-5-4-6-19(12-16)24(25)26/h4-12H,3H2,1-2H3/b18-11+. The summed E-state index contributed by atoms with van der Waals surface area (Å²) in [6.45, 7) is 4.09. The average molecular weight is 375 g/mol. The molecule has 6 heteroatoms. The maximum atomic E-state index is 10.9. The highest BCUT2D eigenvalue weighted by Gasteiger charge is 2.14. The molecule has 2 aromatic carbocycles. The van der Waals surface area contributed by atoms with Crippen LogP contribution in [0.3, 0.4) is 0 Å². The quantitative estimate of drug-likeness (QED) is 0.328. The van der Waals surface area contributed by atoms with E-state index in [1.165, 1.54) is 29.0 Å². The molecule has 0 aliphatic rings. The van der Waals surface area contributed by atoms with E-state index in [9.17, 15) is 15.4 Å². The van der Waals surface area contributed by atoms with E-state index in [-0.39, 0.29) is 5.69 Å². The van der Waals surface area contributed by atoms with Crippen LogP contribution >= 0.6 is 11.3 Å². The van der Waals surface area contributed by atoms with Gasteiger partial charge >= 0.3 is 0 Å². The van der Waals surface area contributed by atoms with Crippen LogP contribution < -0.4 is 0 Å². The van der Waals surface area contributed by atoms with Crippen LogP contribution in [0.5, 0.6) is 0 Å². The van der Waals surface area contributed by atoms with Crippen LogP contribution in [0.15, 0.2) is 48.5 Å². The first-order chi connectivity index (χ1) is 13.0. The summed E-state index contributed by atoms with van der Waals surface area (Å²) in [5.74, 6) is 0. The molecule has 5 nitrogen and oxygen atoms in total. The summed E-state index contributed by atoms with van der Waals surface area (Å²) in [5, 5.41) is 21.1. The molecule has 0 bridgehead atoms. The van der Waals surface area contributed by atoms with Gasteiger partial charge in [-0.1, -0.05) is 43.3 Å². The molecule has 0 aliphatic heterocycles. The highest BCUT2D eigenvalue weighted by molar-refractivity contribution is 7.13. The number of allylic oxidation sites excluding steroid dienone is 1. The van der Waals surface area contributed by atoms with Crippen molar-refractivity contribution in [2.45, 2.75) is 20.3 Å². The van der Waals surface area contributed by atoms with Crippen LogP contribution in [0.1, 0.15) is 27.9 Å². The van der Waals surface area contributed by atoms with Gasteiger partial charge in [0.05, 0.1) is 16.2 Å². The van der Waals surface area contributed by atoms with Crippen LogP contribution in [-0.2, 0) is 6.42 Å². The summed E-state index contributed by atoms with van der Waals surface area (Å²) in [4.78, 5) is 16.2. The van der Waals surface area contributed by atoms with Crippen LogP contribution in [0.4, 0.5) is 5.69 Å². The predicted molar refractivity (Wildman–Crippen MR) is 108 cm³/mol. The van der Waals surface area contributed by atoms with Crippen molar-refractivity contribution in [3.63, 3.8) is 0 Å². The Balaban J connectivity index is 1.98. The molecule has 0 N–H and O–H groups in total. The highest BCUT2D eigenvalue weighted by Crippen LogP contribution is 2.32. The number of nitro groups is 1. The van der Waals surface area contributed by atoms with E-state index >= 15 is 0 Å². The Morgan fingerprint density at radius 2 is 2.04 bits per heavy atom. The van der Waals surface area contributed by atoms with Gasteiger partial charge in [-0.2, -0.15) is 5.26 Å². The monoisotopic (exact) mass is 375 g/mol. The lowest BCUT2D eigenvalue weighted by atomic mass is 10.1. The van der Waals surface area contributed by atoms with Crippen LogP contribution in [0.2, 0.25) is 0 Å². The lowest BCUT2D eigenvalue weighted by Crippen LogP contribution is -1.88. The van der Waals surface area contributed by atoms with Gasteiger partial charge in [0.15, 0.2) is 0 Å². The van der Waals surface area contributed by atoms with Crippen molar-refractivity contribution in [1.82, 2.24) is 4.98 Å². The number of hydrogen-bond donors (Lipinski definition) is 0. The molecule has 134 valence electrons. The van der Waals surface area contributed by atoms with Crippen molar-refractivity contribution in [3.05, 3.63) is 79.7 Å². The fourth-order valence-corrected chi connectivity index (χ4v) is 3.62. The van der Waals surface area contributed by atoms with E-state index in [1.54, 1.807) is 18.2 Å². The molecule has 3 rings (SSSR count). The second-order valence-corrected chi connectivity index (χ2v) is 7.20. The molecule has 0 aliphatic carbocycles. The Kier molecular flexibility index (Phi) is 5.43. The fraction of sp³-hybridized carbons (Fsp3) is 0.143. The number of aromatic nitrogens is 1. The number of hydrogen-bond acceptors (Lipinski definition) is 5. The first kappa shape index (κ1) is 18.5.